The number of hydrogen-bond acceptors (Lipinski definition) is 4. The van der Waals surface area contributed by atoms with Crippen molar-refractivity contribution in [1.29, 1.82) is 0 Å². The third kappa shape index (κ3) is 6.66. The SMILES string of the molecule is CC(=O)N1CCN(C(=O)c2ccc(-c3nc4ccccc4n3Cc3ccccc3)cc2)CC1.O=C(O)C(F)(F)F. The number of carbonyl (C=O) groups excluding carboxylic acids is 2. The number of carboxylic acid groups (broad SMARTS) is 1. The molecule has 0 radical (unpaired) electrons. The molecule has 5 rings (SSSR count). The molecular formula is C29H27F3N4O4. The van der Waals surface area contributed by atoms with Crippen LogP contribution in [0, 0.1) is 0 Å². The standard InChI is InChI=1S/C27H26N4O2.C2HF3O2/c1-20(32)29-15-17-30(18-16-29)27(33)23-13-11-22(12-14-23)26-28-24-9-5-6-10-25(24)31(26)19-21-7-3-2-4-8-21;3-2(4,5)1(6)7/h2-14H,15-19H2,1H3;(H,6,7). The third-order valence-electron chi connectivity index (χ3n) is 6.48. The van der Waals surface area contributed by atoms with Crippen molar-refractivity contribution in [3.8, 4) is 11.4 Å². The summed E-state index contributed by atoms with van der Waals surface area (Å²) in [4.78, 5) is 41.9. The Kier molecular flexibility index (Phi) is 8.52. The van der Waals surface area contributed by atoms with Crippen LogP contribution in [0.15, 0.2) is 78.9 Å². The van der Waals surface area contributed by atoms with Crippen molar-refractivity contribution in [3.05, 3.63) is 90.0 Å². The van der Waals surface area contributed by atoms with Crippen LogP contribution in [0.3, 0.4) is 0 Å². The number of para-hydroxylation sites is 2. The molecule has 11 heteroatoms. The fourth-order valence-electron chi connectivity index (χ4n) is 4.39. The van der Waals surface area contributed by atoms with Crippen LogP contribution >= 0.6 is 0 Å². The largest absolute Gasteiger partial charge is 0.490 e. The second kappa shape index (κ2) is 12.0. The number of rotatable bonds is 4. The van der Waals surface area contributed by atoms with E-state index in [0.29, 0.717) is 31.7 Å². The molecule has 1 aliphatic heterocycles. The van der Waals surface area contributed by atoms with Gasteiger partial charge in [0.1, 0.15) is 5.82 Å². The van der Waals surface area contributed by atoms with Crippen molar-refractivity contribution in [1.82, 2.24) is 19.4 Å². The summed E-state index contributed by atoms with van der Waals surface area (Å²) in [7, 11) is 0. The van der Waals surface area contributed by atoms with Crippen molar-refractivity contribution in [2.75, 3.05) is 26.2 Å². The minimum atomic E-state index is -5.08. The molecule has 0 saturated carbocycles. The smallest absolute Gasteiger partial charge is 0.475 e. The Morgan fingerprint density at radius 1 is 0.825 bits per heavy atom. The summed E-state index contributed by atoms with van der Waals surface area (Å²) in [5, 5.41) is 7.12. The number of piperazine rings is 1. The number of aliphatic carboxylic acids is 1. The average Bonchev–Trinajstić information content (AvgIpc) is 3.31. The zero-order chi connectivity index (χ0) is 28.9. The summed E-state index contributed by atoms with van der Waals surface area (Å²) in [6.45, 7) is 4.59. The normalized spacial score (nSPS) is 13.5. The number of hydrogen-bond donors (Lipinski definition) is 1. The van der Waals surface area contributed by atoms with Crippen LogP contribution in [0.2, 0.25) is 0 Å². The van der Waals surface area contributed by atoms with Crippen LogP contribution < -0.4 is 0 Å². The predicted molar refractivity (Wildman–Crippen MR) is 143 cm³/mol. The second-order valence-corrected chi connectivity index (χ2v) is 9.17. The number of aromatic nitrogens is 2. The molecule has 0 bridgehead atoms. The molecule has 8 nitrogen and oxygen atoms in total. The Labute approximate surface area is 228 Å². The number of benzene rings is 3. The van der Waals surface area contributed by atoms with E-state index < -0.39 is 12.1 Å². The van der Waals surface area contributed by atoms with Crippen LogP contribution in [-0.2, 0) is 16.1 Å². The molecule has 3 aromatic carbocycles. The highest BCUT2D eigenvalue weighted by atomic mass is 19.4. The van der Waals surface area contributed by atoms with E-state index in [1.165, 1.54) is 5.56 Å². The molecule has 40 heavy (non-hydrogen) atoms. The van der Waals surface area contributed by atoms with E-state index in [9.17, 15) is 22.8 Å². The molecule has 2 amide bonds. The summed E-state index contributed by atoms with van der Waals surface area (Å²) in [5.74, 6) is -1.81. The minimum Gasteiger partial charge on any atom is -0.475 e. The predicted octanol–water partition coefficient (Wildman–Crippen LogP) is 4.69. The number of carboxylic acids is 1. The Hall–Kier alpha value is -4.67. The van der Waals surface area contributed by atoms with Gasteiger partial charge in [0, 0.05) is 50.8 Å². The van der Waals surface area contributed by atoms with Crippen molar-refractivity contribution in [2.45, 2.75) is 19.6 Å². The number of alkyl halides is 3. The lowest BCUT2D eigenvalue weighted by atomic mass is 10.1. The number of fused-ring (bicyclic) bond motifs is 1. The first-order valence-corrected chi connectivity index (χ1v) is 12.5. The Morgan fingerprint density at radius 3 is 1.95 bits per heavy atom. The summed E-state index contributed by atoms with van der Waals surface area (Å²) in [6.07, 6.45) is -5.08. The number of carbonyl (C=O) groups is 3. The molecule has 1 aliphatic rings. The van der Waals surface area contributed by atoms with Crippen molar-refractivity contribution in [3.63, 3.8) is 0 Å². The fraction of sp³-hybridized carbons (Fsp3) is 0.241. The van der Waals surface area contributed by atoms with E-state index >= 15 is 0 Å². The van der Waals surface area contributed by atoms with Gasteiger partial charge in [-0.15, -0.1) is 0 Å². The van der Waals surface area contributed by atoms with E-state index in [-0.39, 0.29) is 11.8 Å². The highest BCUT2D eigenvalue weighted by Crippen LogP contribution is 2.26. The quantitative estimate of drug-likeness (QED) is 0.397. The van der Waals surface area contributed by atoms with Gasteiger partial charge in [-0.1, -0.05) is 54.6 Å². The first-order valence-electron chi connectivity index (χ1n) is 12.5. The van der Waals surface area contributed by atoms with Gasteiger partial charge in [0.15, 0.2) is 0 Å². The lowest BCUT2D eigenvalue weighted by Gasteiger charge is -2.34. The number of halogens is 3. The highest BCUT2D eigenvalue weighted by molar-refractivity contribution is 5.95. The van der Waals surface area contributed by atoms with E-state index in [1.807, 2.05) is 65.6 Å². The van der Waals surface area contributed by atoms with Crippen LogP contribution in [0.5, 0.6) is 0 Å². The van der Waals surface area contributed by atoms with Crippen molar-refractivity contribution < 1.29 is 32.7 Å². The van der Waals surface area contributed by atoms with E-state index in [1.54, 1.807) is 11.8 Å². The van der Waals surface area contributed by atoms with E-state index in [2.05, 4.69) is 22.8 Å². The first-order chi connectivity index (χ1) is 19.0. The lowest BCUT2D eigenvalue weighted by Crippen LogP contribution is -2.50. The molecule has 0 unspecified atom stereocenters. The highest BCUT2D eigenvalue weighted by Gasteiger charge is 2.38. The van der Waals surface area contributed by atoms with Gasteiger partial charge in [0.05, 0.1) is 11.0 Å². The van der Waals surface area contributed by atoms with Gasteiger partial charge < -0.3 is 19.5 Å². The maximum Gasteiger partial charge on any atom is 0.490 e. The molecule has 1 aromatic heterocycles. The molecule has 0 atom stereocenters. The van der Waals surface area contributed by atoms with E-state index in [0.717, 1.165) is 29.0 Å². The third-order valence-corrected chi connectivity index (χ3v) is 6.48. The maximum absolute atomic E-state index is 13.0. The van der Waals surface area contributed by atoms with E-state index in [4.69, 9.17) is 14.9 Å². The van der Waals surface area contributed by atoms with Crippen LogP contribution in [0.4, 0.5) is 13.2 Å². The molecule has 0 aliphatic carbocycles. The van der Waals surface area contributed by atoms with Gasteiger partial charge in [0.2, 0.25) is 5.91 Å². The van der Waals surface area contributed by atoms with Gasteiger partial charge in [0.25, 0.3) is 5.91 Å². The van der Waals surface area contributed by atoms with Gasteiger partial charge in [-0.25, -0.2) is 9.78 Å². The van der Waals surface area contributed by atoms with Gasteiger partial charge in [-0.05, 0) is 29.8 Å². The summed E-state index contributed by atoms with van der Waals surface area (Å²) in [5.41, 5.74) is 4.87. The summed E-state index contributed by atoms with van der Waals surface area (Å²) < 4.78 is 34.0. The Bertz CT molecular complexity index is 1490. The molecule has 1 fully saturated rings. The summed E-state index contributed by atoms with van der Waals surface area (Å²) in [6, 6.07) is 26.2. The van der Waals surface area contributed by atoms with Crippen LogP contribution in [0.1, 0.15) is 22.8 Å². The van der Waals surface area contributed by atoms with Gasteiger partial charge in [-0.3, -0.25) is 9.59 Å². The fourth-order valence-corrected chi connectivity index (χ4v) is 4.39. The molecule has 2 heterocycles. The zero-order valence-corrected chi connectivity index (χ0v) is 21.6. The molecule has 208 valence electrons. The number of imidazole rings is 1. The average molecular weight is 553 g/mol. The van der Waals surface area contributed by atoms with Crippen LogP contribution in [0.25, 0.3) is 22.4 Å². The van der Waals surface area contributed by atoms with Gasteiger partial charge >= 0.3 is 12.1 Å². The van der Waals surface area contributed by atoms with Crippen molar-refractivity contribution >= 4 is 28.8 Å². The summed E-state index contributed by atoms with van der Waals surface area (Å²) >= 11 is 0. The lowest BCUT2D eigenvalue weighted by molar-refractivity contribution is -0.192. The first kappa shape index (κ1) is 28.3. The van der Waals surface area contributed by atoms with Crippen LogP contribution in [-0.4, -0.2) is 74.6 Å². The minimum absolute atomic E-state index is 0.00235. The van der Waals surface area contributed by atoms with Gasteiger partial charge in [-0.2, -0.15) is 13.2 Å². The molecule has 1 N–H and O–H groups in total. The van der Waals surface area contributed by atoms with Crippen molar-refractivity contribution in [2.24, 2.45) is 0 Å². The zero-order valence-electron chi connectivity index (χ0n) is 21.6. The molecule has 4 aromatic rings. The maximum atomic E-state index is 13.0. The monoisotopic (exact) mass is 552 g/mol. The molecule has 1 saturated heterocycles. The molecular weight excluding hydrogens is 525 g/mol. The topological polar surface area (TPSA) is 95.7 Å². The second-order valence-electron chi connectivity index (χ2n) is 9.17. The molecule has 0 spiro atoms. The Balaban J connectivity index is 0.000000470. The number of nitrogens with zero attached hydrogens (tertiary/aromatic N) is 4. The Morgan fingerprint density at radius 2 is 1.38 bits per heavy atom. The number of amides is 2.